The molecule has 0 bridgehead atoms. The fourth-order valence-electron chi connectivity index (χ4n) is 4.71. The molecule has 2 aromatic carbocycles. The summed E-state index contributed by atoms with van der Waals surface area (Å²) in [5, 5.41) is 8.99. The van der Waals surface area contributed by atoms with Gasteiger partial charge in [-0.25, -0.2) is 9.78 Å². The van der Waals surface area contributed by atoms with Gasteiger partial charge in [-0.05, 0) is 77.3 Å². The summed E-state index contributed by atoms with van der Waals surface area (Å²) in [5.74, 6) is -2.43. The second kappa shape index (κ2) is 9.16. The maximum atomic E-state index is 15.2. The number of hydrogen-bond acceptors (Lipinski definition) is 6. The lowest BCUT2D eigenvalue weighted by Gasteiger charge is -2.21. The summed E-state index contributed by atoms with van der Waals surface area (Å²) in [5.41, 5.74) is 0.957. The van der Waals surface area contributed by atoms with E-state index in [0.717, 1.165) is 19.3 Å². The van der Waals surface area contributed by atoms with Gasteiger partial charge in [0.2, 0.25) is 0 Å². The summed E-state index contributed by atoms with van der Waals surface area (Å²) in [6.07, 6.45) is 3.95. The molecule has 0 saturated heterocycles. The van der Waals surface area contributed by atoms with Gasteiger partial charge in [0.05, 0.1) is 30.1 Å². The zero-order valence-corrected chi connectivity index (χ0v) is 21.5. The monoisotopic (exact) mass is 574 g/mol. The molecule has 7 nitrogen and oxygen atoms in total. The number of nitriles is 1. The largest absolute Gasteiger partial charge is 0.464 e. The third-order valence-corrected chi connectivity index (χ3v) is 8.28. The van der Waals surface area contributed by atoms with Crippen molar-refractivity contribution in [2.45, 2.75) is 42.6 Å². The number of halogens is 3. The van der Waals surface area contributed by atoms with Gasteiger partial charge in [-0.3, -0.25) is 9.36 Å². The molecule has 2 fully saturated rings. The SMILES string of the molecule is CCOC(=O)C(NC(=O)C(F)(F)Sc1ncc(Br)n1-c1ccc(C#N)c2ccccc12)C1CC12CC2. The van der Waals surface area contributed by atoms with Crippen LogP contribution in [0.25, 0.3) is 16.5 Å². The number of hydrogen-bond donors (Lipinski definition) is 1. The highest BCUT2D eigenvalue weighted by Crippen LogP contribution is 2.71. The van der Waals surface area contributed by atoms with E-state index in [1.165, 1.54) is 10.8 Å². The average Bonchev–Trinajstić information content (AvgIpc) is 3.76. The normalized spacial score (nSPS) is 18.5. The first-order valence-electron chi connectivity index (χ1n) is 11.4. The first-order chi connectivity index (χ1) is 17.2. The molecule has 2 atom stereocenters. The van der Waals surface area contributed by atoms with Gasteiger partial charge in [-0.1, -0.05) is 24.3 Å². The number of fused-ring (bicyclic) bond motifs is 1. The van der Waals surface area contributed by atoms with Crippen molar-refractivity contribution in [1.29, 1.82) is 5.26 Å². The van der Waals surface area contributed by atoms with Gasteiger partial charge in [0.15, 0.2) is 5.16 Å². The number of carbonyl (C=O) groups excluding carboxylic acids is 2. The molecule has 186 valence electrons. The fraction of sp³-hybridized carbons (Fsp3) is 0.360. The molecule has 3 aromatic rings. The Labute approximate surface area is 218 Å². The third kappa shape index (κ3) is 4.37. The van der Waals surface area contributed by atoms with Crippen molar-refractivity contribution in [3.05, 3.63) is 52.8 Å². The van der Waals surface area contributed by atoms with Gasteiger partial charge in [-0.15, -0.1) is 0 Å². The van der Waals surface area contributed by atoms with Crippen LogP contribution in [0.3, 0.4) is 0 Å². The van der Waals surface area contributed by atoms with Crippen LogP contribution < -0.4 is 5.32 Å². The van der Waals surface area contributed by atoms with Crippen LogP contribution in [-0.2, 0) is 14.3 Å². The lowest BCUT2D eigenvalue weighted by molar-refractivity contribution is -0.150. The second-order valence-corrected chi connectivity index (χ2v) is 10.9. The summed E-state index contributed by atoms with van der Waals surface area (Å²) in [4.78, 5) is 29.3. The number of esters is 1. The molecule has 0 aliphatic heterocycles. The Hall–Kier alpha value is -2.97. The van der Waals surface area contributed by atoms with Crippen LogP contribution in [0.1, 0.15) is 31.7 Å². The maximum absolute atomic E-state index is 15.2. The predicted molar refractivity (Wildman–Crippen MR) is 133 cm³/mol. The number of benzene rings is 2. The molecule has 1 amide bonds. The van der Waals surface area contributed by atoms with Gasteiger partial charge in [-0.2, -0.15) is 14.0 Å². The van der Waals surface area contributed by atoms with E-state index < -0.39 is 23.2 Å². The van der Waals surface area contributed by atoms with Crippen LogP contribution in [-0.4, -0.2) is 39.3 Å². The lowest BCUT2D eigenvalue weighted by atomic mass is 10.0. The first-order valence-corrected chi connectivity index (χ1v) is 13.0. The summed E-state index contributed by atoms with van der Waals surface area (Å²) in [6, 6.07) is 11.4. The predicted octanol–water partition coefficient (Wildman–Crippen LogP) is 5.19. The molecule has 36 heavy (non-hydrogen) atoms. The van der Waals surface area contributed by atoms with Crippen LogP contribution in [0, 0.1) is 22.7 Å². The Balaban J connectivity index is 1.43. The van der Waals surface area contributed by atoms with Crippen molar-refractivity contribution >= 4 is 50.3 Å². The van der Waals surface area contributed by atoms with Crippen molar-refractivity contribution in [2.24, 2.45) is 11.3 Å². The number of carbonyl (C=O) groups is 2. The van der Waals surface area contributed by atoms with Crippen molar-refractivity contribution in [2.75, 3.05) is 6.61 Å². The topological polar surface area (TPSA) is 97.0 Å². The van der Waals surface area contributed by atoms with Crippen molar-refractivity contribution in [3.8, 4) is 11.8 Å². The highest BCUT2D eigenvalue weighted by molar-refractivity contribution is 9.10. The molecule has 1 aromatic heterocycles. The van der Waals surface area contributed by atoms with Gasteiger partial charge >= 0.3 is 17.1 Å². The number of nitrogens with one attached hydrogen (secondary N) is 1. The highest BCUT2D eigenvalue weighted by atomic mass is 79.9. The van der Waals surface area contributed by atoms with Gasteiger partial charge in [0.1, 0.15) is 10.6 Å². The summed E-state index contributed by atoms with van der Waals surface area (Å²) in [7, 11) is 0. The van der Waals surface area contributed by atoms with Crippen molar-refractivity contribution < 1.29 is 23.1 Å². The van der Waals surface area contributed by atoms with Crippen molar-refractivity contribution in [3.63, 3.8) is 0 Å². The Morgan fingerprint density at radius 2 is 2.06 bits per heavy atom. The van der Waals surface area contributed by atoms with E-state index in [2.05, 4.69) is 32.3 Å². The minimum absolute atomic E-state index is 0.00903. The number of rotatable bonds is 8. The average molecular weight is 575 g/mol. The van der Waals surface area contributed by atoms with E-state index in [1.54, 1.807) is 43.3 Å². The zero-order valence-electron chi connectivity index (χ0n) is 19.1. The van der Waals surface area contributed by atoms with E-state index >= 15 is 8.78 Å². The Morgan fingerprint density at radius 3 is 2.69 bits per heavy atom. The number of ether oxygens (including phenoxy) is 1. The van der Waals surface area contributed by atoms with Gasteiger partial charge in [0, 0.05) is 10.8 Å². The zero-order chi connectivity index (χ0) is 25.7. The molecule has 1 N–H and O–H groups in total. The maximum Gasteiger partial charge on any atom is 0.377 e. The van der Waals surface area contributed by atoms with Crippen LogP contribution in [0.15, 0.2) is 52.4 Å². The molecular weight excluding hydrogens is 554 g/mol. The summed E-state index contributed by atoms with van der Waals surface area (Å²) in [6.45, 7) is 1.73. The number of amides is 1. The second-order valence-electron chi connectivity index (χ2n) is 8.98. The van der Waals surface area contributed by atoms with Gasteiger partial charge in [0.25, 0.3) is 0 Å². The number of imidazole rings is 1. The summed E-state index contributed by atoms with van der Waals surface area (Å²) >= 11 is 3.35. The summed E-state index contributed by atoms with van der Waals surface area (Å²) < 4.78 is 37.4. The standard InChI is InChI=1S/C25H21BrF2N4O3S/c1-2-35-21(33)20(17-11-24(17)9-10-24)31-22(34)25(27,28)36-23-30-13-19(26)32(23)18-8-7-14(12-29)15-5-3-4-6-16(15)18/h3-8,13,17,20H,2,9-11H2,1H3,(H,31,34). The molecule has 11 heteroatoms. The molecule has 2 unspecified atom stereocenters. The van der Waals surface area contributed by atoms with E-state index in [9.17, 15) is 14.9 Å². The molecule has 0 radical (unpaired) electrons. The van der Waals surface area contributed by atoms with E-state index in [-0.39, 0.29) is 34.9 Å². The third-order valence-electron chi connectivity index (χ3n) is 6.81. The molecule has 2 saturated carbocycles. The first kappa shape index (κ1) is 24.7. The van der Waals surface area contributed by atoms with Crippen LogP contribution >= 0.6 is 27.7 Å². The smallest absolute Gasteiger partial charge is 0.377 e. The van der Waals surface area contributed by atoms with E-state index in [1.807, 2.05) is 0 Å². The lowest BCUT2D eigenvalue weighted by Crippen LogP contribution is -2.49. The fourth-order valence-corrected chi connectivity index (χ4v) is 6.06. The van der Waals surface area contributed by atoms with E-state index in [4.69, 9.17) is 4.74 Å². The molecule has 1 spiro atoms. The molecule has 2 aliphatic rings. The molecular formula is C25H21BrF2N4O3S. The van der Waals surface area contributed by atoms with Crippen molar-refractivity contribution in [1.82, 2.24) is 14.9 Å². The number of alkyl halides is 2. The number of nitrogens with zero attached hydrogens (tertiary/aromatic N) is 3. The molecule has 2 aliphatic carbocycles. The van der Waals surface area contributed by atoms with E-state index in [0.29, 0.717) is 26.6 Å². The Morgan fingerprint density at radius 1 is 1.33 bits per heavy atom. The van der Waals surface area contributed by atoms with Crippen LogP contribution in [0.2, 0.25) is 0 Å². The Bertz CT molecular complexity index is 1420. The minimum atomic E-state index is -3.92. The quantitative estimate of drug-likeness (QED) is 0.293. The number of thioether (sulfide) groups is 1. The Kier molecular flexibility index (Phi) is 6.29. The highest BCUT2D eigenvalue weighted by Gasteiger charge is 2.67. The molecule has 5 rings (SSSR count). The van der Waals surface area contributed by atoms with Crippen LogP contribution in [0.5, 0.6) is 0 Å². The molecule has 1 heterocycles. The minimum Gasteiger partial charge on any atom is -0.464 e. The number of aromatic nitrogens is 2. The van der Waals surface area contributed by atoms with Gasteiger partial charge < -0.3 is 10.1 Å². The van der Waals surface area contributed by atoms with Crippen LogP contribution in [0.4, 0.5) is 8.78 Å².